The number of azo groups is 1. The van der Waals surface area contributed by atoms with Crippen LogP contribution in [0.4, 0.5) is 0 Å². The third-order valence-electron chi connectivity index (χ3n) is 0.373. The first-order chi connectivity index (χ1) is 3.31. The van der Waals surface area contributed by atoms with E-state index in [0.717, 1.165) is 6.08 Å². The number of carbonyl (C=O) groups is 1. The Labute approximate surface area is 41.8 Å². The summed E-state index contributed by atoms with van der Waals surface area (Å²) in [7, 11) is 1.43. The maximum absolute atomic E-state index is 10.0. The van der Waals surface area contributed by atoms with Gasteiger partial charge in [-0.2, -0.15) is 5.11 Å². The third kappa shape index (κ3) is 2.82. The van der Waals surface area contributed by atoms with Crippen LogP contribution in [0.3, 0.4) is 0 Å². The van der Waals surface area contributed by atoms with E-state index >= 15 is 0 Å². The summed E-state index contributed by atoms with van der Waals surface area (Å²) in [6, 6.07) is 0. The van der Waals surface area contributed by atoms with Gasteiger partial charge in [-0.3, -0.25) is 4.79 Å². The van der Waals surface area contributed by atoms with Gasteiger partial charge >= 0.3 is 0 Å². The molecule has 0 fully saturated rings. The van der Waals surface area contributed by atoms with Gasteiger partial charge in [-0.1, -0.05) is 6.58 Å². The fraction of sp³-hybridized carbons (Fsp3) is 0.250. The van der Waals surface area contributed by atoms with Crippen molar-refractivity contribution in [3.63, 3.8) is 0 Å². The second-order valence-corrected chi connectivity index (χ2v) is 0.842. The van der Waals surface area contributed by atoms with E-state index in [-0.39, 0.29) is 0 Å². The molecule has 0 aliphatic heterocycles. The monoisotopic (exact) mass is 98.0 g/mol. The second-order valence-electron chi connectivity index (χ2n) is 0.842. The Kier molecular flexibility index (Phi) is 2.76. The molecule has 7 heavy (non-hydrogen) atoms. The van der Waals surface area contributed by atoms with E-state index in [9.17, 15) is 4.79 Å². The van der Waals surface area contributed by atoms with Crippen molar-refractivity contribution in [2.24, 2.45) is 10.2 Å². The summed E-state index contributed by atoms with van der Waals surface area (Å²) in [5, 5.41) is 6.32. The van der Waals surface area contributed by atoms with E-state index in [1.807, 2.05) is 0 Å². The molecule has 3 heteroatoms. The van der Waals surface area contributed by atoms with Crippen LogP contribution in [-0.4, -0.2) is 13.0 Å². The lowest BCUT2D eigenvalue weighted by Gasteiger charge is -1.71. The maximum Gasteiger partial charge on any atom is 0.287 e. The van der Waals surface area contributed by atoms with Crippen molar-refractivity contribution >= 4 is 5.91 Å². The van der Waals surface area contributed by atoms with Gasteiger partial charge in [0, 0.05) is 7.05 Å². The standard InChI is InChI=1S/C4H6N2O/c1-3-4(7)6-5-2/h3H,1H2,2H3. The van der Waals surface area contributed by atoms with Crippen LogP contribution in [0, 0.1) is 0 Å². The zero-order valence-corrected chi connectivity index (χ0v) is 4.09. The summed E-state index contributed by atoms with van der Waals surface area (Å²) in [6.45, 7) is 3.18. The minimum Gasteiger partial charge on any atom is -0.266 e. The normalized spacial score (nSPS) is 9.29. The molecular weight excluding hydrogens is 92.1 g/mol. The molecule has 0 rings (SSSR count). The van der Waals surface area contributed by atoms with E-state index in [4.69, 9.17) is 0 Å². The third-order valence-corrected chi connectivity index (χ3v) is 0.373. The van der Waals surface area contributed by atoms with Crippen LogP contribution in [0.15, 0.2) is 22.9 Å². The van der Waals surface area contributed by atoms with Gasteiger partial charge in [0.15, 0.2) is 0 Å². The Morgan fingerprint density at radius 3 is 2.57 bits per heavy atom. The molecule has 0 N–H and O–H groups in total. The summed E-state index contributed by atoms with van der Waals surface area (Å²) in [4.78, 5) is 10.0. The molecular formula is C4H6N2O. The van der Waals surface area contributed by atoms with E-state index in [1.54, 1.807) is 0 Å². The Hall–Kier alpha value is -0.990. The highest BCUT2D eigenvalue weighted by Crippen LogP contribution is 1.73. The maximum atomic E-state index is 10.0. The first-order valence-electron chi connectivity index (χ1n) is 1.77. The van der Waals surface area contributed by atoms with Gasteiger partial charge in [-0.05, 0) is 6.08 Å². The molecule has 0 unspecified atom stereocenters. The average Bonchev–Trinajstić information content (AvgIpc) is 1.68. The molecule has 0 atom stereocenters. The number of hydrogen-bond donors (Lipinski definition) is 0. The molecule has 0 spiro atoms. The highest BCUT2D eigenvalue weighted by molar-refractivity contribution is 5.87. The molecule has 0 aromatic carbocycles. The Balaban J connectivity index is 3.58. The van der Waals surface area contributed by atoms with Crippen molar-refractivity contribution in [1.82, 2.24) is 0 Å². The molecule has 0 aromatic heterocycles. The zero-order valence-electron chi connectivity index (χ0n) is 4.09. The number of nitrogens with zero attached hydrogens (tertiary/aromatic N) is 2. The molecule has 0 heterocycles. The lowest BCUT2D eigenvalue weighted by molar-refractivity contribution is -0.113. The van der Waals surface area contributed by atoms with E-state index in [0.29, 0.717) is 0 Å². The van der Waals surface area contributed by atoms with Gasteiger partial charge in [0.05, 0.1) is 0 Å². The number of carbonyl (C=O) groups excluding carboxylic acids is 1. The first kappa shape index (κ1) is 6.01. The van der Waals surface area contributed by atoms with Crippen LogP contribution in [0.1, 0.15) is 0 Å². The molecule has 3 nitrogen and oxygen atoms in total. The summed E-state index contributed by atoms with van der Waals surface area (Å²) in [5.41, 5.74) is 0. The molecule has 0 aromatic rings. The molecule has 0 aliphatic carbocycles. The topological polar surface area (TPSA) is 41.8 Å². The Bertz CT molecular complexity index is 106. The van der Waals surface area contributed by atoms with Crippen LogP contribution < -0.4 is 0 Å². The highest BCUT2D eigenvalue weighted by atomic mass is 16.1. The predicted molar refractivity (Wildman–Crippen MR) is 26.0 cm³/mol. The van der Waals surface area contributed by atoms with Crippen LogP contribution in [0.5, 0.6) is 0 Å². The molecule has 0 radical (unpaired) electrons. The minimum absolute atomic E-state index is 0.400. The number of amides is 1. The summed E-state index contributed by atoms with van der Waals surface area (Å²) in [6.07, 6.45) is 1.10. The van der Waals surface area contributed by atoms with Crippen molar-refractivity contribution in [1.29, 1.82) is 0 Å². The second kappa shape index (κ2) is 3.21. The predicted octanol–water partition coefficient (Wildman–Crippen LogP) is 0.781. The van der Waals surface area contributed by atoms with Crippen LogP contribution in [-0.2, 0) is 4.79 Å². The lowest BCUT2D eigenvalue weighted by atomic mass is 10.6. The molecule has 0 bridgehead atoms. The fourth-order valence-corrected chi connectivity index (χ4v) is 0.139. The zero-order chi connectivity index (χ0) is 5.70. The fourth-order valence-electron chi connectivity index (χ4n) is 0.139. The molecule has 1 amide bonds. The summed E-state index contributed by atoms with van der Waals surface area (Å²) in [5.74, 6) is -0.400. The number of rotatable bonds is 1. The van der Waals surface area contributed by atoms with Crippen molar-refractivity contribution < 1.29 is 4.79 Å². The molecule has 0 saturated heterocycles. The van der Waals surface area contributed by atoms with E-state index < -0.39 is 5.91 Å². The van der Waals surface area contributed by atoms with Gasteiger partial charge in [-0.25, -0.2) is 0 Å². The van der Waals surface area contributed by atoms with Crippen molar-refractivity contribution in [3.8, 4) is 0 Å². The van der Waals surface area contributed by atoms with E-state index in [1.165, 1.54) is 7.05 Å². The minimum atomic E-state index is -0.400. The van der Waals surface area contributed by atoms with Gasteiger partial charge in [0.2, 0.25) is 0 Å². The lowest BCUT2D eigenvalue weighted by Crippen LogP contribution is -1.79. The molecule has 0 saturated carbocycles. The van der Waals surface area contributed by atoms with Gasteiger partial charge in [0.1, 0.15) is 0 Å². The van der Waals surface area contributed by atoms with Crippen molar-refractivity contribution in [3.05, 3.63) is 12.7 Å². The highest BCUT2D eigenvalue weighted by Gasteiger charge is 1.81. The molecule has 0 aliphatic rings. The van der Waals surface area contributed by atoms with Gasteiger partial charge in [0.25, 0.3) is 5.91 Å². The van der Waals surface area contributed by atoms with Crippen molar-refractivity contribution in [2.75, 3.05) is 7.05 Å². The largest absolute Gasteiger partial charge is 0.287 e. The van der Waals surface area contributed by atoms with Gasteiger partial charge in [-0.15, -0.1) is 5.11 Å². The SMILES string of the molecule is C=CC(=O)N=NC. The van der Waals surface area contributed by atoms with E-state index in [2.05, 4.69) is 16.8 Å². The van der Waals surface area contributed by atoms with Crippen LogP contribution in [0.25, 0.3) is 0 Å². The van der Waals surface area contributed by atoms with Crippen LogP contribution in [0.2, 0.25) is 0 Å². The van der Waals surface area contributed by atoms with Crippen molar-refractivity contribution in [2.45, 2.75) is 0 Å². The van der Waals surface area contributed by atoms with Gasteiger partial charge < -0.3 is 0 Å². The Morgan fingerprint density at radius 2 is 2.43 bits per heavy atom. The summed E-state index contributed by atoms with van der Waals surface area (Å²) >= 11 is 0. The Morgan fingerprint density at radius 1 is 1.86 bits per heavy atom. The molecule has 38 valence electrons. The quantitative estimate of drug-likeness (QED) is 0.353. The average molecular weight is 98.1 g/mol. The summed E-state index contributed by atoms with van der Waals surface area (Å²) < 4.78 is 0. The number of hydrogen-bond acceptors (Lipinski definition) is 2. The smallest absolute Gasteiger partial charge is 0.266 e. The first-order valence-corrected chi connectivity index (χ1v) is 1.77. The van der Waals surface area contributed by atoms with Crippen LogP contribution >= 0.6 is 0 Å².